The standard InChI is InChI=1S/C13H15NO3/c1-2-3-6-14-8-11(15)10-4-5-12-13(7-10)17-9-16-12/h1,4-5,7,11,14-15H,3,6,8-9H2. The van der Waals surface area contributed by atoms with E-state index in [0.29, 0.717) is 25.3 Å². The van der Waals surface area contributed by atoms with Crippen molar-refractivity contribution in [1.82, 2.24) is 5.32 Å². The number of aliphatic hydroxyl groups excluding tert-OH is 1. The Hall–Kier alpha value is -1.70. The quantitative estimate of drug-likeness (QED) is 0.590. The van der Waals surface area contributed by atoms with Crippen molar-refractivity contribution < 1.29 is 14.6 Å². The summed E-state index contributed by atoms with van der Waals surface area (Å²) in [5.74, 6) is 3.94. The van der Waals surface area contributed by atoms with E-state index in [0.717, 1.165) is 11.3 Å². The monoisotopic (exact) mass is 233 g/mol. The van der Waals surface area contributed by atoms with Crippen molar-refractivity contribution in [3.8, 4) is 23.8 Å². The first-order valence-corrected chi connectivity index (χ1v) is 5.53. The molecule has 0 saturated carbocycles. The molecule has 1 heterocycles. The van der Waals surface area contributed by atoms with Gasteiger partial charge in [0.2, 0.25) is 6.79 Å². The summed E-state index contributed by atoms with van der Waals surface area (Å²) in [6, 6.07) is 5.44. The second kappa shape index (κ2) is 5.58. The van der Waals surface area contributed by atoms with Crippen LogP contribution >= 0.6 is 0 Å². The van der Waals surface area contributed by atoms with Gasteiger partial charge in [-0.25, -0.2) is 0 Å². The third kappa shape index (κ3) is 2.90. The fraction of sp³-hybridized carbons (Fsp3) is 0.385. The average Bonchev–Trinajstić information content (AvgIpc) is 2.81. The normalized spacial score (nSPS) is 14.4. The van der Waals surface area contributed by atoms with Crippen LogP contribution in [0.5, 0.6) is 11.5 Å². The zero-order valence-electron chi connectivity index (χ0n) is 9.48. The van der Waals surface area contributed by atoms with E-state index in [1.165, 1.54) is 0 Å². The third-order valence-corrected chi connectivity index (χ3v) is 2.57. The molecule has 0 fully saturated rings. The third-order valence-electron chi connectivity index (χ3n) is 2.57. The maximum atomic E-state index is 9.94. The Morgan fingerprint density at radius 1 is 1.41 bits per heavy atom. The van der Waals surface area contributed by atoms with Gasteiger partial charge in [-0.2, -0.15) is 0 Å². The topological polar surface area (TPSA) is 50.7 Å². The molecule has 1 aliphatic rings. The van der Waals surface area contributed by atoms with Gasteiger partial charge in [0.1, 0.15) is 0 Å². The molecule has 0 radical (unpaired) electrons. The zero-order chi connectivity index (χ0) is 12.1. The molecule has 1 aromatic rings. The van der Waals surface area contributed by atoms with Crippen molar-refractivity contribution in [2.24, 2.45) is 0 Å². The highest BCUT2D eigenvalue weighted by molar-refractivity contribution is 5.45. The van der Waals surface area contributed by atoms with Crippen molar-refractivity contribution in [3.05, 3.63) is 23.8 Å². The van der Waals surface area contributed by atoms with Crippen LogP contribution in [0.25, 0.3) is 0 Å². The number of terminal acetylenes is 1. The van der Waals surface area contributed by atoms with E-state index in [-0.39, 0.29) is 6.79 Å². The molecule has 2 rings (SSSR count). The molecule has 0 saturated heterocycles. The number of ether oxygens (including phenoxy) is 2. The lowest BCUT2D eigenvalue weighted by atomic mass is 10.1. The highest BCUT2D eigenvalue weighted by Gasteiger charge is 2.16. The summed E-state index contributed by atoms with van der Waals surface area (Å²) in [6.07, 6.45) is 5.23. The summed E-state index contributed by atoms with van der Waals surface area (Å²) >= 11 is 0. The smallest absolute Gasteiger partial charge is 0.231 e. The molecular formula is C13H15NO3. The lowest BCUT2D eigenvalue weighted by Crippen LogP contribution is -2.22. The number of rotatable bonds is 5. The van der Waals surface area contributed by atoms with Gasteiger partial charge in [-0.3, -0.25) is 0 Å². The first kappa shape index (κ1) is 11.8. The molecule has 1 unspecified atom stereocenters. The minimum atomic E-state index is -0.567. The lowest BCUT2D eigenvalue weighted by molar-refractivity contribution is 0.170. The second-order valence-corrected chi connectivity index (χ2v) is 3.79. The van der Waals surface area contributed by atoms with E-state index in [4.69, 9.17) is 15.9 Å². The highest BCUT2D eigenvalue weighted by Crippen LogP contribution is 2.33. The molecule has 0 aromatic heterocycles. The van der Waals surface area contributed by atoms with Gasteiger partial charge in [0.15, 0.2) is 11.5 Å². The number of aliphatic hydroxyl groups is 1. The lowest BCUT2D eigenvalue weighted by Gasteiger charge is -2.12. The predicted octanol–water partition coefficient (Wildman–Crippen LogP) is 1.06. The first-order chi connectivity index (χ1) is 8.31. The minimum Gasteiger partial charge on any atom is -0.454 e. The van der Waals surface area contributed by atoms with Gasteiger partial charge in [-0.05, 0) is 17.7 Å². The summed E-state index contributed by atoms with van der Waals surface area (Å²) in [5.41, 5.74) is 0.808. The van der Waals surface area contributed by atoms with Crippen LogP contribution in [0.4, 0.5) is 0 Å². The van der Waals surface area contributed by atoms with Crippen molar-refractivity contribution in [1.29, 1.82) is 0 Å². The van der Waals surface area contributed by atoms with Crippen LogP contribution in [-0.4, -0.2) is 25.0 Å². The zero-order valence-corrected chi connectivity index (χ0v) is 9.48. The Morgan fingerprint density at radius 2 is 2.24 bits per heavy atom. The van der Waals surface area contributed by atoms with Crippen LogP contribution < -0.4 is 14.8 Å². The summed E-state index contributed by atoms with van der Waals surface area (Å²) in [5, 5.41) is 13.0. The van der Waals surface area contributed by atoms with Gasteiger partial charge >= 0.3 is 0 Å². The van der Waals surface area contributed by atoms with Gasteiger partial charge in [0.25, 0.3) is 0 Å². The largest absolute Gasteiger partial charge is 0.454 e. The van der Waals surface area contributed by atoms with E-state index in [9.17, 15) is 5.11 Å². The SMILES string of the molecule is C#CCCNCC(O)c1ccc2c(c1)OCO2. The van der Waals surface area contributed by atoms with E-state index in [1.807, 2.05) is 12.1 Å². The van der Waals surface area contributed by atoms with Gasteiger partial charge in [-0.15, -0.1) is 12.3 Å². The molecule has 0 amide bonds. The van der Waals surface area contributed by atoms with Crippen molar-refractivity contribution in [3.63, 3.8) is 0 Å². The Balaban J connectivity index is 1.91. The minimum absolute atomic E-state index is 0.245. The van der Waals surface area contributed by atoms with Crippen molar-refractivity contribution in [2.45, 2.75) is 12.5 Å². The fourth-order valence-electron chi connectivity index (χ4n) is 1.64. The van der Waals surface area contributed by atoms with Crippen LogP contribution in [0.15, 0.2) is 18.2 Å². The molecule has 4 heteroatoms. The van der Waals surface area contributed by atoms with Crippen LogP contribution in [0.2, 0.25) is 0 Å². The summed E-state index contributed by atoms with van der Waals surface area (Å²) < 4.78 is 10.5. The summed E-state index contributed by atoms with van der Waals surface area (Å²) in [6.45, 7) is 1.43. The number of hydrogen-bond donors (Lipinski definition) is 2. The number of hydrogen-bond acceptors (Lipinski definition) is 4. The molecular weight excluding hydrogens is 218 g/mol. The second-order valence-electron chi connectivity index (χ2n) is 3.79. The molecule has 0 aliphatic carbocycles. The Labute approximate surface area is 101 Å². The summed E-state index contributed by atoms with van der Waals surface area (Å²) in [4.78, 5) is 0. The Kier molecular flexibility index (Phi) is 3.86. The van der Waals surface area contributed by atoms with Gasteiger partial charge < -0.3 is 19.9 Å². The van der Waals surface area contributed by atoms with E-state index < -0.39 is 6.10 Å². The van der Waals surface area contributed by atoms with E-state index >= 15 is 0 Å². The Morgan fingerprint density at radius 3 is 3.06 bits per heavy atom. The average molecular weight is 233 g/mol. The highest BCUT2D eigenvalue weighted by atomic mass is 16.7. The van der Waals surface area contributed by atoms with Gasteiger partial charge in [0.05, 0.1) is 6.10 Å². The predicted molar refractivity (Wildman–Crippen MR) is 63.8 cm³/mol. The molecule has 1 atom stereocenters. The number of nitrogens with one attached hydrogen (secondary N) is 1. The number of benzene rings is 1. The molecule has 0 bridgehead atoms. The maximum absolute atomic E-state index is 9.94. The molecule has 0 spiro atoms. The molecule has 90 valence electrons. The van der Waals surface area contributed by atoms with Gasteiger partial charge in [-0.1, -0.05) is 6.07 Å². The number of fused-ring (bicyclic) bond motifs is 1. The maximum Gasteiger partial charge on any atom is 0.231 e. The van der Waals surface area contributed by atoms with Crippen LogP contribution in [0.1, 0.15) is 18.1 Å². The summed E-state index contributed by atoms with van der Waals surface area (Å²) in [7, 11) is 0. The molecule has 1 aliphatic heterocycles. The molecule has 2 N–H and O–H groups in total. The van der Waals surface area contributed by atoms with E-state index in [1.54, 1.807) is 6.07 Å². The molecule has 17 heavy (non-hydrogen) atoms. The van der Waals surface area contributed by atoms with Gasteiger partial charge in [0, 0.05) is 19.5 Å². The first-order valence-electron chi connectivity index (χ1n) is 5.53. The fourth-order valence-corrected chi connectivity index (χ4v) is 1.64. The molecule has 1 aromatic carbocycles. The molecule has 4 nitrogen and oxygen atoms in total. The Bertz CT molecular complexity index is 425. The van der Waals surface area contributed by atoms with Crippen LogP contribution in [0.3, 0.4) is 0 Å². The van der Waals surface area contributed by atoms with Crippen molar-refractivity contribution >= 4 is 0 Å². The van der Waals surface area contributed by atoms with E-state index in [2.05, 4.69) is 11.2 Å². The van der Waals surface area contributed by atoms with Crippen LogP contribution in [-0.2, 0) is 0 Å². The van der Waals surface area contributed by atoms with Crippen LogP contribution in [0, 0.1) is 12.3 Å². The van der Waals surface area contributed by atoms with Crippen molar-refractivity contribution in [2.75, 3.05) is 19.9 Å².